The molecule has 0 aliphatic heterocycles. The zero-order valence-corrected chi connectivity index (χ0v) is 13.6. The van der Waals surface area contributed by atoms with E-state index >= 15 is 0 Å². The number of aromatic hydroxyl groups is 1. The summed E-state index contributed by atoms with van der Waals surface area (Å²) >= 11 is 1.93. The minimum absolute atomic E-state index is 0.0250. The Labute approximate surface area is 135 Å². The lowest BCUT2D eigenvalue weighted by Gasteiger charge is -2.10. The van der Waals surface area contributed by atoms with Gasteiger partial charge in [0, 0.05) is 5.56 Å². The van der Waals surface area contributed by atoms with Crippen LogP contribution in [0, 0.1) is 3.57 Å². The molecule has 0 aromatic heterocycles. The molecule has 4 N–H and O–H groups in total. The SMILES string of the molecule is NS(=O)(=O)c1ccccc1NC(=O)c1ccc(I)c(O)c1. The lowest BCUT2D eigenvalue weighted by molar-refractivity contribution is 0.102. The molecular formula is C13H11IN2O4S. The second kappa shape index (κ2) is 6.00. The number of phenolic OH excluding ortho intramolecular Hbond substituents is 1. The monoisotopic (exact) mass is 418 g/mol. The lowest BCUT2D eigenvalue weighted by Crippen LogP contribution is -2.18. The second-order valence-electron chi connectivity index (χ2n) is 4.16. The molecule has 21 heavy (non-hydrogen) atoms. The Morgan fingerprint density at radius 3 is 2.48 bits per heavy atom. The molecule has 0 saturated carbocycles. The molecule has 0 bridgehead atoms. The summed E-state index contributed by atoms with van der Waals surface area (Å²) in [4.78, 5) is 11.9. The first kappa shape index (κ1) is 15.7. The number of sulfonamides is 1. The van der Waals surface area contributed by atoms with Crippen LogP contribution in [0.15, 0.2) is 47.4 Å². The molecule has 0 heterocycles. The summed E-state index contributed by atoms with van der Waals surface area (Å²) in [5.41, 5.74) is 0.292. The molecular weight excluding hydrogens is 407 g/mol. The van der Waals surface area contributed by atoms with Crippen molar-refractivity contribution in [3.8, 4) is 5.75 Å². The highest BCUT2D eigenvalue weighted by Crippen LogP contribution is 2.23. The minimum Gasteiger partial charge on any atom is -0.507 e. The number of carbonyl (C=O) groups excluding carboxylic acids is 1. The first-order valence-electron chi connectivity index (χ1n) is 5.71. The van der Waals surface area contributed by atoms with Gasteiger partial charge < -0.3 is 10.4 Å². The van der Waals surface area contributed by atoms with Crippen molar-refractivity contribution in [1.82, 2.24) is 0 Å². The summed E-state index contributed by atoms with van der Waals surface area (Å²) in [6, 6.07) is 10.2. The van der Waals surface area contributed by atoms with Crippen LogP contribution in [0.1, 0.15) is 10.4 Å². The van der Waals surface area contributed by atoms with Crippen molar-refractivity contribution in [1.29, 1.82) is 0 Å². The van der Waals surface area contributed by atoms with Crippen molar-refractivity contribution in [2.75, 3.05) is 5.32 Å². The van der Waals surface area contributed by atoms with Crippen LogP contribution < -0.4 is 10.5 Å². The maximum atomic E-state index is 12.1. The Balaban J connectivity index is 2.34. The second-order valence-corrected chi connectivity index (χ2v) is 6.85. The number of hydrogen-bond acceptors (Lipinski definition) is 4. The zero-order valence-electron chi connectivity index (χ0n) is 10.6. The number of nitrogens with one attached hydrogen (secondary N) is 1. The fourth-order valence-electron chi connectivity index (χ4n) is 1.67. The largest absolute Gasteiger partial charge is 0.507 e. The van der Waals surface area contributed by atoms with Crippen LogP contribution >= 0.6 is 22.6 Å². The third-order valence-electron chi connectivity index (χ3n) is 2.65. The van der Waals surface area contributed by atoms with Gasteiger partial charge in [0.2, 0.25) is 10.0 Å². The van der Waals surface area contributed by atoms with E-state index in [-0.39, 0.29) is 21.9 Å². The first-order valence-corrected chi connectivity index (χ1v) is 8.33. The maximum absolute atomic E-state index is 12.1. The van der Waals surface area contributed by atoms with Gasteiger partial charge in [-0.25, -0.2) is 13.6 Å². The van der Waals surface area contributed by atoms with Gasteiger partial charge in [-0.15, -0.1) is 0 Å². The number of amides is 1. The van der Waals surface area contributed by atoms with Crippen LogP contribution in [0.5, 0.6) is 5.75 Å². The fourth-order valence-corrected chi connectivity index (χ4v) is 2.70. The van der Waals surface area contributed by atoms with Gasteiger partial charge in [-0.3, -0.25) is 4.79 Å². The normalized spacial score (nSPS) is 11.1. The molecule has 0 aliphatic carbocycles. The average molecular weight is 418 g/mol. The maximum Gasteiger partial charge on any atom is 0.255 e. The highest BCUT2D eigenvalue weighted by Gasteiger charge is 2.16. The summed E-state index contributed by atoms with van der Waals surface area (Å²) in [7, 11) is -3.94. The highest BCUT2D eigenvalue weighted by molar-refractivity contribution is 14.1. The van der Waals surface area contributed by atoms with Gasteiger partial charge >= 0.3 is 0 Å². The molecule has 8 heteroatoms. The Bertz CT molecular complexity index is 806. The van der Waals surface area contributed by atoms with Gasteiger partial charge in [0.1, 0.15) is 10.6 Å². The summed E-state index contributed by atoms with van der Waals surface area (Å²) in [6.07, 6.45) is 0. The summed E-state index contributed by atoms with van der Waals surface area (Å²) in [5.74, 6) is -0.569. The van der Waals surface area contributed by atoms with Crippen LogP contribution in [-0.4, -0.2) is 19.4 Å². The zero-order chi connectivity index (χ0) is 15.6. The molecule has 0 aliphatic rings. The van der Waals surface area contributed by atoms with Crippen molar-refractivity contribution >= 4 is 44.2 Å². The predicted molar refractivity (Wildman–Crippen MR) is 86.6 cm³/mol. The van der Waals surface area contributed by atoms with E-state index in [4.69, 9.17) is 5.14 Å². The van der Waals surface area contributed by atoms with Crippen LogP contribution in [-0.2, 0) is 10.0 Å². The van der Waals surface area contributed by atoms with E-state index in [0.29, 0.717) is 3.57 Å². The van der Waals surface area contributed by atoms with E-state index in [9.17, 15) is 18.3 Å². The molecule has 2 rings (SSSR count). The minimum atomic E-state index is -3.94. The van der Waals surface area contributed by atoms with Gasteiger partial charge in [-0.2, -0.15) is 0 Å². The topological polar surface area (TPSA) is 109 Å². The van der Waals surface area contributed by atoms with E-state index in [1.165, 1.54) is 30.3 Å². The standard InChI is InChI=1S/C13H11IN2O4S/c14-9-6-5-8(7-11(9)17)13(18)16-10-3-1-2-4-12(10)21(15,19)20/h1-7,17H,(H,16,18)(H2,15,19,20). The number of nitrogens with two attached hydrogens (primary N) is 1. The van der Waals surface area contributed by atoms with Crippen LogP contribution in [0.4, 0.5) is 5.69 Å². The lowest BCUT2D eigenvalue weighted by atomic mass is 10.2. The van der Waals surface area contributed by atoms with Gasteiger partial charge in [-0.05, 0) is 52.9 Å². The summed E-state index contributed by atoms with van der Waals surface area (Å²) < 4.78 is 23.5. The van der Waals surface area contributed by atoms with Gasteiger partial charge in [0.25, 0.3) is 5.91 Å². The number of primary sulfonamides is 1. The number of phenols is 1. The molecule has 0 unspecified atom stereocenters. The van der Waals surface area contributed by atoms with E-state index in [0.717, 1.165) is 0 Å². The third kappa shape index (κ3) is 3.71. The molecule has 1 amide bonds. The highest BCUT2D eigenvalue weighted by atomic mass is 127. The number of para-hydroxylation sites is 1. The summed E-state index contributed by atoms with van der Waals surface area (Å²) in [5, 5.41) is 17.2. The smallest absolute Gasteiger partial charge is 0.255 e. The van der Waals surface area contributed by atoms with E-state index in [1.54, 1.807) is 12.1 Å². The van der Waals surface area contributed by atoms with Gasteiger partial charge in [-0.1, -0.05) is 12.1 Å². The molecule has 0 radical (unpaired) electrons. The third-order valence-corrected chi connectivity index (χ3v) is 4.53. The number of carbonyl (C=O) groups is 1. The molecule has 0 fully saturated rings. The van der Waals surface area contributed by atoms with Crippen molar-refractivity contribution in [2.45, 2.75) is 4.90 Å². The van der Waals surface area contributed by atoms with Crippen LogP contribution in [0.3, 0.4) is 0 Å². The Morgan fingerprint density at radius 1 is 1.19 bits per heavy atom. The number of rotatable bonds is 3. The number of hydrogen-bond donors (Lipinski definition) is 3. The quantitative estimate of drug-likeness (QED) is 0.662. The molecule has 0 saturated heterocycles. The summed E-state index contributed by atoms with van der Waals surface area (Å²) in [6.45, 7) is 0. The number of benzene rings is 2. The van der Waals surface area contributed by atoms with Crippen molar-refractivity contribution in [3.05, 3.63) is 51.6 Å². The van der Waals surface area contributed by atoms with E-state index < -0.39 is 15.9 Å². The number of halogens is 1. The Hall–Kier alpha value is -1.65. The van der Waals surface area contributed by atoms with Crippen LogP contribution in [0.25, 0.3) is 0 Å². The van der Waals surface area contributed by atoms with E-state index in [2.05, 4.69) is 5.32 Å². The van der Waals surface area contributed by atoms with E-state index in [1.807, 2.05) is 22.6 Å². The molecule has 2 aromatic carbocycles. The first-order chi connectivity index (χ1) is 9.79. The van der Waals surface area contributed by atoms with Gasteiger partial charge in [0.05, 0.1) is 9.26 Å². The molecule has 0 atom stereocenters. The van der Waals surface area contributed by atoms with Crippen molar-refractivity contribution < 1.29 is 18.3 Å². The Morgan fingerprint density at radius 2 is 1.86 bits per heavy atom. The van der Waals surface area contributed by atoms with Gasteiger partial charge in [0.15, 0.2) is 0 Å². The van der Waals surface area contributed by atoms with Crippen LogP contribution in [0.2, 0.25) is 0 Å². The molecule has 2 aromatic rings. The molecule has 6 nitrogen and oxygen atoms in total. The predicted octanol–water partition coefficient (Wildman–Crippen LogP) is 1.90. The molecule has 0 spiro atoms. The fraction of sp³-hybridized carbons (Fsp3) is 0. The average Bonchev–Trinajstić information content (AvgIpc) is 2.41. The number of anilines is 1. The Kier molecular flexibility index (Phi) is 4.49. The van der Waals surface area contributed by atoms with Crippen molar-refractivity contribution in [2.24, 2.45) is 5.14 Å². The van der Waals surface area contributed by atoms with Crippen molar-refractivity contribution in [3.63, 3.8) is 0 Å². The molecule has 110 valence electrons.